The Hall–Kier alpha value is -1.59. The first-order chi connectivity index (χ1) is 11.2. The van der Waals surface area contributed by atoms with Crippen LogP contribution in [0.15, 0.2) is 30.3 Å². The molecule has 1 aromatic carbocycles. The molecule has 5 nitrogen and oxygen atoms in total. The number of hydrogen-bond donors (Lipinski definition) is 2. The molecule has 2 amide bonds. The maximum atomic E-state index is 12.4. The highest BCUT2D eigenvalue weighted by atomic mass is 35.5. The van der Waals surface area contributed by atoms with Crippen LogP contribution in [0.5, 0.6) is 0 Å². The van der Waals surface area contributed by atoms with Gasteiger partial charge in [0.05, 0.1) is 6.54 Å². The van der Waals surface area contributed by atoms with Crippen LogP contribution in [0.4, 0.5) is 0 Å². The van der Waals surface area contributed by atoms with E-state index < -0.39 is 0 Å². The third-order valence-electron chi connectivity index (χ3n) is 4.58. The summed E-state index contributed by atoms with van der Waals surface area (Å²) in [6.07, 6.45) is 4.24. The molecule has 0 spiro atoms. The molecule has 1 heterocycles. The van der Waals surface area contributed by atoms with Crippen molar-refractivity contribution in [3.63, 3.8) is 0 Å². The van der Waals surface area contributed by atoms with Crippen molar-refractivity contribution in [2.24, 2.45) is 5.92 Å². The topological polar surface area (TPSA) is 61.4 Å². The van der Waals surface area contributed by atoms with Crippen molar-refractivity contribution in [2.45, 2.75) is 31.7 Å². The van der Waals surface area contributed by atoms with Gasteiger partial charge in [0.2, 0.25) is 5.91 Å². The molecule has 1 aromatic rings. The fourth-order valence-corrected chi connectivity index (χ4v) is 2.98. The summed E-state index contributed by atoms with van der Waals surface area (Å²) in [4.78, 5) is 26.1. The van der Waals surface area contributed by atoms with Crippen LogP contribution in [0.3, 0.4) is 0 Å². The van der Waals surface area contributed by atoms with Gasteiger partial charge < -0.3 is 15.5 Å². The molecule has 0 unspecified atom stereocenters. The van der Waals surface area contributed by atoms with Gasteiger partial charge in [-0.1, -0.05) is 18.2 Å². The van der Waals surface area contributed by atoms with E-state index in [1.54, 1.807) is 0 Å². The minimum atomic E-state index is 0. The van der Waals surface area contributed by atoms with Gasteiger partial charge in [-0.3, -0.25) is 9.59 Å². The molecule has 3 rings (SSSR count). The third kappa shape index (κ3) is 5.49. The molecule has 2 aliphatic rings. The first-order valence-electron chi connectivity index (χ1n) is 8.57. The molecular weight excluding hydrogens is 326 g/mol. The van der Waals surface area contributed by atoms with Gasteiger partial charge in [-0.2, -0.15) is 0 Å². The van der Waals surface area contributed by atoms with Gasteiger partial charge >= 0.3 is 0 Å². The monoisotopic (exact) mass is 351 g/mol. The molecule has 0 atom stereocenters. The van der Waals surface area contributed by atoms with Crippen molar-refractivity contribution in [3.05, 3.63) is 35.9 Å². The Morgan fingerprint density at radius 3 is 2.33 bits per heavy atom. The molecule has 0 radical (unpaired) electrons. The average molecular weight is 352 g/mol. The van der Waals surface area contributed by atoms with Crippen LogP contribution in [0.1, 0.15) is 36.0 Å². The van der Waals surface area contributed by atoms with E-state index in [0.717, 1.165) is 30.9 Å². The molecule has 132 valence electrons. The molecular formula is C18H26ClN3O2. The highest BCUT2D eigenvalue weighted by molar-refractivity contribution is 5.94. The third-order valence-corrected chi connectivity index (χ3v) is 4.58. The molecule has 6 heteroatoms. The quantitative estimate of drug-likeness (QED) is 0.822. The summed E-state index contributed by atoms with van der Waals surface area (Å²) in [6, 6.07) is 9.56. The van der Waals surface area contributed by atoms with E-state index in [0.29, 0.717) is 19.6 Å². The number of nitrogens with zero attached hydrogens (tertiary/aromatic N) is 1. The zero-order valence-electron chi connectivity index (χ0n) is 13.9. The Morgan fingerprint density at radius 2 is 1.71 bits per heavy atom. The SMILES string of the molecule is Cl.O=C(CNCC1CC1)NC1CCN(C(=O)c2ccccc2)CC1. The number of carbonyl (C=O) groups excluding carboxylic acids is 2. The summed E-state index contributed by atoms with van der Waals surface area (Å²) >= 11 is 0. The molecule has 24 heavy (non-hydrogen) atoms. The Labute approximate surface area is 149 Å². The number of nitrogens with one attached hydrogen (secondary N) is 2. The van der Waals surface area contributed by atoms with Crippen molar-refractivity contribution < 1.29 is 9.59 Å². The molecule has 1 aliphatic carbocycles. The molecule has 0 bridgehead atoms. The van der Waals surface area contributed by atoms with Crippen molar-refractivity contribution in [1.82, 2.24) is 15.5 Å². The first-order valence-corrected chi connectivity index (χ1v) is 8.57. The van der Waals surface area contributed by atoms with Gasteiger partial charge in [-0.05, 0) is 50.3 Å². The second kappa shape index (κ2) is 9.04. The number of hydrogen-bond acceptors (Lipinski definition) is 3. The summed E-state index contributed by atoms with van der Waals surface area (Å²) < 4.78 is 0. The van der Waals surface area contributed by atoms with Gasteiger partial charge in [0.25, 0.3) is 5.91 Å². The molecule has 2 fully saturated rings. The summed E-state index contributed by atoms with van der Waals surface area (Å²) in [7, 11) is 0. The minimum absolute atomic E-state index is 0. The van der Waals surface area contributed by atoms with Gasteiger partial charge in [-0.25, -0.2) is 0 Å². The van der Waals surface area contributed by atoms with E-state index in [2.05, 4.69) is 10.6 Å². The summed E-state index contributed by atoms with van der Waals surface area (Å²) in [5.74, 6) is 0.940. The zero-order valence-corrected chi connectivity index (χ0v) is 14.7. The number of likely N-dealkylation sites (tertiary alicyclic amines) is 1. The van der Waals surface area contributed by atoms with Gasteiger partial charge in [0.1, 0.15) is 0 Å². The van der Waals surface area contributed by atoms with Gasteiger partial charge in [0, 0.05) is 24.7 Å². The Morgan fingerprint density at radius 1 is 1.04 bits per heavy atom. The smallest absolute Gasteiger partial charge is 0.253 e. The molecule has 1 aliphatic heterocycles. The lowest BCUT2D eigenvalue weighted by Crippen LogP contribution is -2.48. The lowest BCUT2D eigenvalue weighted by atomic mass is 10.0. The molecule has 2 N–H and O–H groups in total. The highest BCUT2D eigenvalue weighted by Gasteiger charge is 2.25. The van der Waals surface area contributed by atoms with E-state index in [1.165, 1.54) is 12.8 Å². The molecule has 1 saturated heterocycles. The van der Waals surface area contributed by atoms with E-state index in [4.69, 9.17) is 0 Å². The Bertz CT molecular complexity index is 540. The van der Waals surface area contributed by atoms with Crippen LogP contribution in [-0.2, 0) is 4.79 Å². The second-order valence-corrected chi connectivity index (χ2v) is 6.57. The summed E-state index contributed by atoms with van der Waals surface area (Å²) in [6.45, 7) is 2.76. The maximum Gasteiger partial charge on any atom is 0.253 e. The van der Waals surface area contributed by atoms with Crippen LogP contribution >= 0.6 is 12.4 Å². The van der Waals surface area contributed by atoms with Crippen molar-refractivity contribution >= 4 is 24.2 Å². The fourth-order valence-electron chi connectivity index (χ4n) is 2.98. The summed E-state index contributed by atoms with van der Waals surface area (Å²) in [5.41, 5.74) is 0.735. The second-order valence-electron chi connectivity index (χ2n) is 6.57. The number of amides is 2. The number of halogens is 1. The Balaban J connectivity index is 0.00000208. The predicted octanol–water partition coefficient (Wildman–Crippen LogP) is 1.83. The van der Waals surface area contributed by atoms with E-state index in [1.807, 2.05) is 35.2 Å². The van der Waals surface area contributed by atoms with Crippen LogP contribution < -0.4 is 10.6 Å². The standard InChI is InChI=1S/C18H25N3O2.ClH/c22-17(13-19-12-14-6-7-14)20-16-8-10-21(11-9-16)18(23)15-4-2-1-3-5-15;/h1-5,14,16,19H,6-13H2,(H,20,22);1H. The number of benzene rings is 1. The minimum Gasteiger partial charge on any atom is -0.352 e. The average Bonchev–Trinajstić information content (AvgIpc) is 3.40. The first kappa shape index (κ1) is 18.7. The Kier molecular flexibility index (Phi) is 7.06. The zero-order chi connectivity index (χ0) is 16.1. The normalized spacial score (nSPS) is 17.9. The fraction of sp³-hybridized carbons (Fsp3) is 0.556. The summed E-state index contributed by atoms with van der Waals surface area (Å²) in [5, 5.41) is 6.28. The van der Waals surface area contributed by atoms with Crippen LogP contribution in [0.25, 0.3) is 0 Å². The van der Waals surface area contributed by atoms with E-state index >= 15 is 0 Å². The van der Waals surface area contributed by atoms with E-state index in [-0.39, 0.29) is 30.3 Å². The van der Waals surface area contributed by atoms with Crippen molar-refractivity contribution in [1.29, 1.82) is 0 Å². The lowest BCUT2D eigenvalue weighted by molar-refractivity contribution is -0.121. The highest BCUT2D eigenvalue weighted by Crippen LogP contribution is 2.27. The van der Waals surface area contributed by atoms with Crippen LogP contribution in [0.2, 0.25) is 0 Å². The number of rotatable bonds is 6. The van der Waals surface area contributed by atoms with Crippen LogP contribution in [0, 0.1) is 5.92 Å². The molecule has 1 saturated carbocycles. The van der Waals surface area contributed by atoms with Gasteiger partial charge in [-0.15, -0.1) is 12.4 Å². The van der Waals surface area contributed by atoms with Crippen molar-refractivity contribution in [3.8, 4) is 0 Å². The van der Waals surface area contributed by atoms with E-state index in [9.17, 15) is 9.59 Å². The lowest BCUT2D eigenvalue weighted by Gasteiger charge is -2.32. The number of piperidine rings is 1. The maximum absolute atomic E-state index is 12.4. The number of carbonyl (C=O) groups is 2. The largest absolute Gasteiger partial charge is 0.352 e. The predicted molar refractivity (Wildman–Crippen MR) is 96.4 cm³/mol. The van der Waals surface area contributed by atoms with Crippen molar-refractivity contribution in [2.75, 3.05) is 26.2 Å². The van der Waals surface area contributed by atoms with Gasteiger partial charge in [0.15, 0.2) is 0 Å². The van der Waals surface area contributed by atoms with Crippen LogP contribution in [-0.4, -0.2) is 48.9 Å². The molecule has 0 aromatic heterocycles.